The molecule has 74 valence electrons. The SMILES string of the molecule is Cc1nc2cccc(C(C)(C)C)n2n1. The third kappa shape index (κ3) is 1.39. The molecule has 0 aromatic carbocycles. The van der Waals surface area contributed by atoms with Gasteiger partial charge in [-0.25, -0.2) is 9.50 Å². The molecule has 0 spiro atoms. The average molecular weight is 189 g/mol. The summed E-state index contributed by atoms with van der Waals surface area (Å²) in [5, 5.41) is 4.39. The summed E-state index contributed by atoms with van der Waals surface area (Å²) in [6.07, 6.45) is 0. The van der Waals surface area contributed by atoms with Gasteiger partial charge in [0.2, 0.25) is 0 Å². The molecule has 0 saturated heterocycles. The Morgan fingerprint density at radius 2 is 1.93 bits per heavy atom. The Kier molecular flexibility index (Phi) is 1.84. The van der Waals surface area contributed by atoms with E-state index >= 15 is 0 Å². The van der Waals surface area contributed by atoms with Crippen LogP contribution in [0, 0.1) is 6.92 Å². The molecule has 0 saturated carbocycles. The second-order valence-electron chi connectivity index (χ2n) is 4.59. The van der Waals surface area contributed by atoms with E-state index in [1.165, 1.54) is 5.69 Å². The van der Waals surface area contributed by atoms with Crippen molar-refractivity contribution >= 4 is 5.65 Å². The van der Waals surface area contributed by atoms with E-state index in [-0.39, 0.29) is 5.41 Å². The van der Waals surface area contributed by atoms with Gasteiger partial charge in [0.25, 0.3) is 0 Å². The number of aryl methyl sites for hydroxylation is 1. The van der Waals surface area contributed by atoms with Crippen LogP contribution in [0.2, 0.25) is 0 Å². The van der Waals surface area contributed by atoms with Gasteiger partial charge in [-0.15, -0.1) is 0 Å². The highest BCUT2D eigenvalue weighted by molar-refractivity contribution is 5.40. The lowest BCUT2D eigenvalue weighted by atomic mass is 9.92. The highest BCUT2D eigenvalue weighted by atomic mass is 15.3. The van der Waals surface area contributed by atoms with Gasteiger partial charge in [0, 0.05) is 11.1 Å². The van der Waals surface area contributed by atoms with Crippen molar-refractivity contribution in [3.63, 3.8) is 0 Å². The third-order valence-corrected chi connectivity index (χ3v) is 2.23. The zero-order valence-corrected chi connectivity index (χ0v) is 9.07. The fraction of sp³-hybridized carbons (Fsp3) is 0.455. The number of fused-ring (bicyclic) bond motifs is 1. The van der Waals surface area contributed by atoms with E-state index in [0.29, 0.717) is 0 Å². The quantitative estimate of drug-likeness (QED) is 0.636. The smallest absolute Gasteiger partial charge is 0.155 e. The molecule has 0 aliphatic heterocycles. The second-order valence-corrected chi connectivity index (χ2v) is 4.59. The molecule has 14 heavy (non-hydrogen) atoms. The van der Waals surface area contributed by atoms with Crippen molar-refractivity contribution in [2.75, 3.05) is 0 Å². The minimum atomic E-state index is 0.0969. The van der Waals surface area contributed by atoms with Crippen molar-refractivity contribution < 1.29 is 0 Å². The molecule has 0 radical (unpaired) electrons. The van der Waals surface area contributed by atoms with Crippen LogP contribution in [0.4, 0.5) is 0 Å². The van der Waals surface area contributed by atoms with Gasteiger partial charge < -0.3 is 0 Å². The van der Waals surface area contributed by atoms with Crippen LogP contribution in [0.15, 0.2) is 18.2 Å². The van der Waals surface area contributed by atoms with Crippen LogP contribution in [-0.2, 0) is 5.41 Å². The first-order chi connectivity index (χ1) is 6.48. The number of aromatic nitrogens is 3. The minimum absolute atomic E-state index is 0.0969. The molecule has 2 aromatic heterocycles. The van der Waals surface area contributed by atoms with Crippen molar-refractivity contribution in [3.05, 3.63) is 29.7 Å². The molecular formula is C11H15N3. The molecule has 0 unspecified atom stereocenters. The Hall–Kier alpha value is -1.38. The Bertz CT molecular complexity index is 463. The number of hydrogen-bond donors (Lipinski definition) is 0. The van der Waals surface area contributed by atoms with Gasteiger partial charge in [0.05, 0.1) is 0 Å². The van der Waals surface area contributed by atoms with Gasteiger partial charge >= 0.3 is 0 Å². The first kappa shape index (κ1) is 9.19. The lowest BCUT2D eigenvalue weighted by molar-refractivity contribution is 0.548. The predicted molar refractivity (Wildman–Crippen MR) is 56.4 cm³/mol. The zero-order valence-electron chi connectivity index (χ0n) is 9.07. The standard InChI is InChI=1S/C11H15N3/c1-8-12-10-7-5-6-9(11(2,3)4)14(10)13-8/h5-7H,1-4H3. The van der Waals surface area contributed by atoms with Crippen LogP contribution < -0.4 is 0 Å². The molecule has 0 aliphatic carbocycles. The maximum Gasteiger partial charge on any atom is 0.155 e. The molecule has 2 aromatic rings. The maximum absolute atomic E-state index is 4.39. The molecular weight excluding hydrogens is 174 g/mol. The van der Waals surface area contributed by atoms with Crippen molar-refractivity contribution in [1.29, 1.82) is 0 Å². The van der Waals surface area contributed by atoms with Gasteiger partial charge in [-0.2, -0.15) is 5.10 Å². The maximum atomic E-state index is 4.39. The summed E-state index contributed by atoms with van der Waals surface area (Å²) in [6, 6.07) is 6.11. The van der Waals surface area contributed by atoms with E-state index in [2.05, 4.69) is 36.9 Å². The number of pyridine rings is 1. The minimum Gasteiger partial charge on any atom is -0.217 e. The first-order valence-electron chi connectivity index (χ1n) is 4.81. The van der Waals surface area contributed by atoms with Crippen LogP contribution >= 0.6 is 0 Å². The fourth-order valence-corrected chi connectivity index (χ4v) is 1.58. The fourth-order valence-electron chi connectivity index (χ4n) is 1.58. The summed E-state index contributed by atoms with van der Waals surface area (Å²) in [6.45, 7) is 8.45. The Morgan fingerprint density at radius 1 is 1.21 bits per heavy atom. The number of hydrogen-bond acceptors (Lipinski definition) is 2. The van der Waals surface area contributed by atoms with Gasteiger partial charge in [-0.05, 0) is 19.1 Å². The van der Waals surface area contributed by atoms with Crippen LogP contribution in [0.3, 0.4) is 0 Å². The second kappa shape index (κ2) is 2.80. The highest BCUT2D eigenvalue weighted by Gasteiger charge is 2.17. The van der Waals surface area contributed by atoms with Crippen molar-refractivity contribution in [1.82, 2.24) is 14.6 Å². The molecule has 2 heterocycles. The third-order valence-electron chi connectivity index (χ3n) is 2.23. The first-order valence-corrected chi connectivity index (χ1v) is 4.81. The van der Waals surface area contributed by atoms with Crippen LogP contribution in [0.25, 0.3) is 5.65 Å². The van der Waals surface area contributed by atoms with Crippen LogP contribution in [-0.4, -0.2) is 14.6 Å². The number of nitrogens with zero attached hydrogens (tertiary/aromatic N) is 3. The van der Waals surface area contributed by atoms with Gasteiger partial charge in [0.15, 0.2) is 5.65 Å². The predicted octanol–water partition coefficient (Wildman–Crippen LogP) is 2.34. The Labute approximate surface area is 83.8 Å². The molecule has 0 fully saturated rings. The van der Waals surface area contributed by atoms with E-state index in [1.807, 2.05) is 23.6 Å². The molecule has 3 nitrogen and oxygen atoms in total. The molecule has 0 aliphatic rings. The van der Waals surface area contributed by atoms with Crippen LogP contribution in [0.5, 0.6) is 0 Å². The Morgan fingerprint density at radius 3 is 2.57 bits per heavy atom. The molecule has 0 amide bonds. The van der Waals surface area contributed by atoms with E-state index in [0.717, 1.165) is 11.5 Å². The topological polar surface area (TPSA) is 30.2 Å². The van der Waals surface area contributed by atoms with E-state index in [1.54, 1.807) is 0 Å². The molecule has 0 N–H and O–H groups in total. The lowest BCUT2D eigenvalue weighted by Gasteiger charge is -2.19. The van der Waals surface area contributed by atoms with Gasteiger partial charge in [-0.3, -0.25) is 0 Å². The summed E-state index contributed by atoms with van der Waals surface area (Å²) in [5.41, 5.74) is 2.21. The molecule has 2 rings (SSSR count). The lowest BCUT2D eigenvalue weighted by Crippen LogP contribution is -2.16. The van der Waals surface area contributed by atoms with Crippen molar-refractivity contribution in [2.45, 2.75) is 33.1 Å². The summed E-state index contributed by atoms with van der Waals surface area (Å²) >= 11 is 0. The van der Waals surface area contributed by atoms with Crippen molar-refractivity contribution in [3.8, 4) is 0 Å². The van der Waals surface area contributed by atoms with Crippen LogP contribution in [0.1, 0.15) is 32.3 Å². The van der Waals surface area contributed by atoms with Crippen molar-refractivity contribution in [2.24, 2.45) is 0 Å². The summed E-state index contributed by atoms with van der Waals surface area (Å²) in [7, 11) is 0. The van der Waals surface area contributed by atoms with E-state index in [9.17, 15) is 0 Å². The van der Waals surface area contributed by atoms with Gasteiger partial charge in [0.1, 0.15) is 5.82 Å². The summed E-state index contributed by atoms with van der Waals surface area (Å²) < 4.78 is 1.93. The molecule has 3 heteroatoms. The van der Waals surface area contributed by atoms with E-state index < -0.39 is 0 Å². The summed E-state index contributed by atoms with van der Waals surface area (Å²) in [4.78, 5) is 4.34. The average Bonchev–Trinajstić information content (AvgIpc) is 2.41. The van der Waals surface area contributed by atoms with Gasteiger partial charge in [-0.1, -0.05) is 26.8 Å². The molecule has 0 atom stereocenters. The largest absolute Gasteiger partial charge is 0.217 e. The van der Waals surface area contributed by atoms with E-state index in [4.69, 9.17) is 0 Å². The highest BCUT2D eigenvalue weighted by Crippen LogP contribution is 2.22. The zero-order chi connectivity index (χ0) is 10.3. The Balaban J connectivity index is 2.77. The normalized spacial score (nSPS) is 12.3. The monoisotopic (exact) mass is 189 g/mol. The number of rotatable bonds is 0. The summed E-state index contributed by atoms with van der Waals surface area (Å²) in [5.74, 6) is 0.821. The molecule has 0 bridgehead atoms.